The van der Waals surface area contributed by atoms with E-state index in [4.69, 9.17) is 0 Å². The van der Waals surface area contributed by atoms with Crippen molar-refractivity contribution in [1.29, 1.82) is 0 Å². The molecule has 0 aromatic heterocycles. The van der Waals surface area contributed by atoms with Gasteiger partial charge in [0.2, 0.25) is 15.9 Å². The lowest BCUT2D eigenvalue weighted by atomic mass is 10.0. The Morgan fingerprint density at radius 1 is 1.04 bits per heavy atom. The van der Waals surface area contributed by atoms with Gasteiger partial charge in [-0.25, -0.2) is 8.42 Å². The normalized spacial score (nSPS) is 12.9. The van der Waals surface area contributed by atoms with E-state index in [9.17, 15) is 13.2 Å². The molecule has 25 heavy (non-hydrogen) atoms. The van der Waals surface area contributed by atoms with Crippen molar-refractivity contribution >= 4 is 21.6 Å². The van der Waals surface area contributed by atoms with Gasteiger partial charge in [0.05, 0.1) is 6.26 Å². The van der Waals surface area contributed by atoms with Crippen molar-refractivity contribution in [3.63, 3.8) is 0 Å². The summed E-state index contributed by atoms with van der Waals surface area (Å²) in [5.41, 5.74) is 4.34. The lowest BCUT2D eigenvalue weighted by Crippen LogP contribution is -2.38. The molecule has 0 aliphatic rings. The van der Waals surface area contributed by atoms with Gasteiger partial charge in [-0.2, -0.15) is 4.31 Å². The van der Waals surface area contributed by atoms with Crippen molar-refractivity contribution in [2.24, 2.45) is 0 Å². The number of nitrogens with zero attached hydrogens (tertiary/aromatic N) is 1. The van der Waals surface area contributed by atoms with E-state index in [2.05, 4.69) is 5.32 Å². The van der Waals surface area contributed by atoms with E-state index >= 15 is 0 Å². The van der Waals surface area contributed by atoms with Crippen LogP contribution >= 0.6 is 0 Å². The summed E-state index contributed by atoms with van der Waals surface area (Å²) in [6.45, 7) is 5.84. The highest BCUT2D eigenvalue weighted by Crippen LogP contribution is 2.27. The number of hydrogen-bond acceptors (Lipinski definition) is 3. The summed E-state index contributed by atoms with van der Waals surface area (Å²) in [5.74, 6) is -0.380. The summed E-state index contributed by atoms with van der Waals surface area (Å²) in [5, 5.41) is 2.91. The van der Waals surface area contributed by atoms with Crippen LogP contribution in [0.2, 0.25) is 0 Å². The zero-order valence-corrected chi connectivity index (χ0v) is 16.0. The third-order valence-electron chi connectivity index (χ3n) is 4.18. The molecule has 0 fully saturated rings. The van der Waals surface area contributed by atoms with Crippen molar-refractivity contribution in [3.8, 4) is 0 Å². The van der Waals surface area contributed by atoms with Gasteiger partial charge in [-0.05, 0) is 37.5 Å². The van der Waals surface area contributed by atoms with Crippen LogP contribution in [0.4, 0.5) is 5.69 Å². The van der Waals surface area contributed by atoms with E-state index in [1.165, 1.54) is 7.05 Å². The van der Waals surface area contributed by atoms with Crippen LogP contribution in [0.1, 0.15) is 28.3 Å². The van der Waals surface area contributed by atoms with Gasteiger partial charge in [0, 0.05) is 12.7 Å². The van der Waals surface area contributed by atoms with E-state index in [1.54, 1.807) is 24.3 Å². The van der Waals surface area contributed by atoms with Crippen LogP contribution in [0, 0.1) is 20.8 Å². The molecule has 1 N–H and O–H groups in total. The van der Waals surface area contributed by atoms with Gasteiger partial charge in [-0.1, -0.05) is 48.0 Å². The third-order valence-corrected chi connectivity index (χ3v) is 5.43. The summed E-state index contributed by atoms with van der Waals surface area (Å²) in [6.07, 6.45) is 1.10. The molecule has 0 heterocycles. The van der Waals surface area contributed by atoms with E-state index in [0.717, 1.165) is 32.9 Å². The van der Waals surface area contributed by atoms with Crippen LogP contribution < -0.4 is 5.32 Å². The molecule has 2 aromatic carbocycles. The Kier molecular flexibility index (Phi) is 5.65. The zero-order chi connectivity index (χ0) is 18.8. The topological polar surface area (TPSA) is 66.5 Å². The molecule has 5 nitrogen and oxygen atoms in total. The van der Waals surface area contributed by atoms with Gasteiger partial charge in [0.25, 0.3) is 0 Å². The first kappa shape index (κ1) is 19.1. The van der Waals surface area contributed by atoms with Crippen molar-refractivity contribution in [3.05, 3.63) is 64.7 Å². The number of aryl methyl sites for hydroxylation is 3. The van der Waals surface area contributed by atoms with E-state index in [0.29, 0.717) is 5.56 Å². The number of anilines is 1. The first-order chi connectivity index (χ1) is 11.6. The highest BCUT2D eigenvalue weighted by atomic mass is 32.2. The lowest BCUT2D eigenvalue weighted by molar-refractivity contribution is -0.119. The number of amides is 1. The number of likely N-dealkylation sites (N-methyl/N-ethyl adjacent to an activating group) is 1. The fourth-order valence-electron chi connectivity index (χ4n) is 2.92. The molecule has 1 atom stereocenters. The van der Waals surface area contributed by atoms with Crippen molar-refractivity contribution in [1.82, 2.24) is 4.31 Å². The third kappa shape index (κ3) is 4.46. The van der Waals surface area contributed by atoms with Crippen LogP contribution in [0.15, 0.2) is 42.5 Å². The minimum absolute atomic E-state index is 0.380. The Hall–Kier alpha value is -2.18. The molecule has 0 radical (unpaired) electrons. The van der Waals surface area contributed by atoms with Crippen molar-refractivity contribution < 1.29 is 13.2 Å². The molecule has 1 amide bonds. The lowest BCUT2D eigenvalue weighted by Gasteiger charge is -2.26. The predicted molar refractivity (Wildman–Crippen MR) is 101 cm³/mol. The second-order valence-corrected chi connectivity index (χ2v) is 8.40. The SMILES string of the molecule is Cc1cc(C)c(NC(=O)[C@@H](c2ccccc2)N(C)S(C)(=O)=O)c(C)c1. The Labute approximate surface area is 149 Å². The molecule has 0 unspecified atom stereocenters. The average molecular weight is 360 g/mol. The minimum Gasteiger partial charge on any atom is -0.324 e. The van der Waals surface area contributed by atoms with Gasteiger partial charge >= 0.3 is 0 Å². The maximum Gasteiger partial charge on any atom is 0.247 e. The molecule has 134 valence electrons. The van der Waals surface area contributed by atoms with Gasteiger partial charge in [-0.3, -0.25) is 4.79 Å². The number of benzene rings is 2. The maximum atomic E-state index is 13.0. The predicted octanol–water partition coefficient (Wildman–Crippen LogP) is 3.18. The summed E-state index contributed by atoms with van der Waals surface area (Å²) in [4.78, 5) is 13.0. The largest absolute Gasteiger partial charge is 0.324 e. The number of sulfonamides is 1. The number of nitrogens with one attached hydrogen (secondary N) is 1. The smallest absolute Gasteiger partial charge is 0.247 e. The Morgan fingerprint density at radius 2 is 1.56 bits per heavy atom. The van der Waals surface area contributed by atoms with Gasteiger partial charge in [0.15, 0.2) is 0 Å². The molecule has 6 heteroatoms. The molecule has 0 bridgehead atoms. The van der Waals surface area contributed by atoms with Crippen molar-refractivity contribution in [2.45, 2.75) is 26.8 Å². The highest BCUT2D eigenvalue weighted by Gasteiger charge is 2.31. The Morgan fingerprint density at radius 3 is 2.04 bits per heavy atom. The summed E-state index contributed by atoms with van der Waals surface area (Å²) in [7, 11) is -2.12. The Bertz CT molecular complexity index is 854. The molecule has 0 spiro atoms. The number of rotatable bonds is 5. The fraction of sp³-hybridized carbons (Fsp3) is 0.316. The monoisotopic (exact) mass is 360 g/mol. The highest BCUT2D eigenvalue weighted by molar-refractivity contribution is 7.88. The number of carbonyl (C=O) groups is 1. The van der Waals surface area contributed by atoms with Crippen LogP contribution in [0.25, 0.3) is 0 Å². The summed E-state index contributed by atoms with van der Waals surface area (Å²) in [6, 6.07) is 11.9. The molecular weight excluding hydrogens is 336 g/mol. The van der Waals surface area contributed by atoms with E-state index < -0.39 is 16.1 Å². The quantitative estimate of drug-likeness (QED) is 0.890. The van der Waals surface area contributed by atoms with Crippen molar-refractivity contribution in [2.75, 3.05) is 18.6 Å². The summed E-state index contributed by atoms with van der Waals surface area (Å²) < 4.78 is 25.1. The standard InChI is InChI=1S/C19H24N2O3S/c1-13-11-14(2)17(15(3)12-13)20-19(22)18(21(4)25(5,23)24)16-9-7-6-8-10-16/h6-12,18H,1-5H3,(H,20,22)/t18-/m1/s1. The van der Waals surface area contributed by atoms with E-state index in [1.807, 2.05) is 39.0 Å². The first-order valence-electron chi connectivity index (χ1n) is 7.98. The van der Waals surface area contributed by atoms with Gasteiger partial charge in [-0.15, -0.1) is 0 Å². The second kappa shape index (κ2) is 7.37. The van der Waals surface area contributed by atoms with Crippen LogP contribution in [0.3, 0.4) is 0 Å². The van der Waals surface area contributed by atoms with Crippen LogP contribution in [-0.4, -0.2) is 31.9 Å². The molecule has 2 rings (SSSR count). The van der Waals surface area contributed by atoms with Gasteiger partial charge < -0.3 is 5.32 Å². The number of carbonyl (C=O) groups excluding carboxylic acids is 1. The number of hydrogen-bond donors (Lipinski definition) is 1. The minimum atomic E-state index is -3.54. The molecule has 2 aromatic rings. The van der Waals surface area contributed by atoms with Gasteiger partial charge in [0.1, 0.15) is 6.04 Å². The summed E-state index contributed by atoms with van der Waals surface area (Å²) >= 11 is 0. The molecule has 0 saturated carbocycles. The molecule has 0 aliphatic heterocycles. The first-order valence-corrected chi connectivity index (χ1v) is 9.82. The molecule has 0 saturated heterocycles. The molecular formula is C19H24N2O3S. The van der Waals surface area contributed by atoms with E-state index in [-0.39, 0.29) is 5.91 Å². The second-order valence-electron chi connectivity index (χ2n) is 6.36. The Balaban J connectivity index is 2.44. The maximum absolute atomic E-state index is 13.0. The average Bonchev–Trinajstić information content (AvgIpc) is 2.51. The molecule has 0 aliphatic carbocycles. The van der Waals surface area contributed by atoms with Crippen LogP contribution in [-0.2, 0) is 14.8 Å². The van der Waals surface area contributed by atoms with Crippen LogP contribution in [0.5, 0.6) is 0 Å². The fourth-order valence-corrected chi connectivity index (χ4v) is 3.52. The zero-order valence-electron chi connectivity index (χ0n) is 15.2.